The highest BCUT2D eigenvalue weighted by atomic mass is 32.2. The Hall–Kier alpha value is -1.19. The Morgan fingerprint density at radius 3 is 3.06 bits per heavy atom. The lowest BCUT2D eigenvalue weighted by molar-refractivity contribution is 0.432. The minimum absolute atomic E-state index is 0.424. The SMILES string of the molecule is CC(Cc1ccco1)NC1CSc2ccccc21. The van der Waals surface area contributed by atoms with Crippen LogP contribution in [0.2, 0.25) is 0 Å². The lowest BCUT2D eigenvalue weighted by atomic mass is 10.1. The van der Waals surface area contributed by atoms with Gasteiger partial charge in [0.2, 0.25) is 0 Å². The van der Waals surface area contributed by atoms with Crippen molar-refractivity contribution in [2.75, 3.05) is 5.75 Å². The zero-order chi connectivity index (χ0) is 12.4. The van der Waals surface area contributed by atoms with Crippen molar-refractivity contribution in [2.45, 2.75) is 30.3 Å². The first-order chi connectivity index (χ1) is 8.83. The monoisotopic (exact) mass is 259 g/mol. The van der Waals surface area contributed by atoms with E-state index >= 15 is 0 Å². The van der Waals surface area contributed by atoms with Gasteiger partial charge in [-0.05, 0) is 30.7 Å². The van der Waals surface area contributed by atoms with Crippen molar-refractivity contribution in [3.63, 3.8) is 0 Å². The normalized spacial score (nSPS) is 19.7. The third-order valence-electron chi connectivity index (χ3n) is 3.27. The summed E-state index contributed by atoms with van der Waals surface area (Å²) in [6.07, 6.45) is 2.68. The first-order valence-electron chi connectivity index (χ1n) is 6.33. The van der Waals surface area contributed by atoms with Crippen LogP contribution in [0.1, 0.15) is 24.3 Å². The predicted molar refractivity (Wildman–Crippen MR) is 74.9 cm³/mol. The van der Waals surface area contributed by atoms with Gasteiger partial charge in [0, 0.05) is 29.2 Å². The molecule has 0 spiro atoms. The molecule has 0 aliphatic carbocycles. The summed E-state index contributed by atoms with van der Waals surface area (Å²) in [6.45, 7) is 2.22. The van der Waals surface area contributed by atoms with E-state index in [1.54, 1.807) is 6.26 Å². The summed E-state index contributed by atoms with van der Waals surface area (Å²) in [6, 6.07) is 13.5. The summed E-state index contributed by atoms with van der Waals surface area (Å²) < 4.78 is 5.39. The van der Waals surface area contributed by atoms with E-state index in [4.69, 9.17) is 4.42 Å². The molecule has 1 aliphatic rings. The van der Waals surface area contributed by atoms with Crippen LogP contribution in [0.3, 0.4) is 0 Å². The molecular formula is C15H17NOS. The summed E-state index contributed by atoms with van der Waals surface area (Å²) in [5, 5.41) is 3.69. The van der Waals surface area contributed by atoms with E-state index in [0.29, 0.717) is 12.1 Å². The van der Waals surface area contributed by atoms with Gasteiger partial charge in [-0.2, -0.15) is 0 Å². The van der Waals surface area contributed by atoms with Gasteiger partial charge in [0.05, 0.1) is 6.26 Å². The molecule has 3 rings (SSSR count). The molecule has 2 nitrogen and oxygen atoms in total. The highest BCUT2D eigenvalue weighted by Crippen LogP contribution is 2.37. The maximum atomic E-state index is 5.39. The van der Waals surface area contributed by atoms with Gasteiger partial charge in [-0.15, -0.1) is 11.8 Å². The van der Waals surface area contributed by atoms with Gasteiger partial charge >= 0.3 is 0 Å². The van der Waals surface area contributed by atoms with E-state index in [2.05, 4.69) is 36.5 Å². The fourth-order valence-electron chi connectivity index (χ4n) is 2.43. The molecule has 0 saturated carbocycles. The number of hydrogen-bond donors (Lipinski definition) is 1. The average molecular weight is 259 g/mol. The maximum absolute atomic E-state index is 5.39. The molecular weight excluding hydrogens is 242 g/mol. The van der Waals surface area contributed by atoms with Gasteiger partial charge < -0.3 is 9.73 Å². The number of fused-ring (bicyclic) bond motifs is 1. The van der Waals surface area contributed by atoms with Crippen molar-refractivity contribution in [3.8, 4) is 0 Å². The first kappa shape index (κ1) is 11.9. The van der Waals surface area contributed by atoms with Crippen LogP contribution in [-0.4, -0.2) is 11.8 Å². The number of rotatable bonds is 4. The van der Waals surface area contributed by atoms with Crippen LogP contribution in [-0.2, 0) is 6.42 Å². The molecule has 2 atom stereocenters. The second-order valence-electron chi connectivity index (χ2n) is 4.75. The third kappa shape index (κ3) is 2.47. The summed E-state index contributed by atoms with van der Waals surface area (Å²) in [5.74, 6) is 2.18. The molecule has 1 aliphatic heterocycles. The zero-order valence-corrected chi connectivity index (χ0v) is 11.2. The summed E-state index contributed by atoms with van der Waals surface area (Å²) >= 11 is 1.94. The zero-order valence-electron chi connectivity index (χ0n) is 10.4. The second kappa shape index (κ2) is 5.21. The second-order valence-corrected chi connectivity index (χ2v) is 5.81. The first-order valence-corrected chi connectivity index (χ1v) is 7.31. The predicted octanol–water partition coefficient (Wildman–Crippen LogP) is 3.65. The van der Waals surface area contributed by atoms with Crippen LogP contribution in [0.4, 0.5) is 0 Å². The molecule has 0 bridgehead atoms. The number of thioether (sulfide) groups is 1. The molecule has 2 unspecified atom stereocenters. The van der Waals surface area contributed by atoms with Gasteiger partial charge in [-0.3, -0.25) is 0 Å². The van der Waals surface area contributed by atoms with E-state index in [1.165, 1.54) is 10.5 Å². The van der Waals surface area contributed by atoms with Crippen LogP contribution < -0.4 is 5.32 Å². The van der Waals surface area contributed by atoms with Crippen molar-refractivity contribution >= 4 is 11.8 Å². The Labute approximate surface area is 112 Å². The molecule has 18 heavy (non-hydrogen) atoms. The van der Waals surface area contributed by atoms with Crippen molar-refractivity contribution in [1.82, 2.24) is 5.32 Å². The average Bonchev–Trinajstić information content (AvgIpc) is 3.00. The molecule has 0 saturated heterocycles. The van der Waals surface area contributed by atoms with Crippen molar-refractivity contribution < 1.29 is 4.42 Å². The van der Waals surface area contributed by atoms with Gasteiger partial charge in [0.15, 0.2) is 0 Å². The maximum Gasteiger partial charge on any atom is 0.105 e. The quantitative estimate of drug-likeness (QED) is 0.907. The minimum Gasteiger partial charge on any atom is -0.469 e. The molecule has 3 heteroatoms. The van der Waals surface area contributed by atoms with Crippen LogP contribution in [0.25, 0.3) is 0 Å². The van der Waals surface area contributed by atoms with E-state index in [-0.39, 0.29) is 0 Å². The Bertz CT molecular complexity index is 509. The van der Waals surface area contributed by atoms with Crippen LogP contribution in [0.5, 0.6) is 0 Å². The largest absolute Gasteiger partial charge is 0.469 e. The highest BCUT2D eigenvalue weighted by Gasteiger charge is 2.23. The molecule has 1 aromatic heterocycles. The van der Waals surface area contributed by atoms with Gasteiger partial charge in [0.25, 0.3) is 0 Å². The van der Waals surface area contributed by atoms with Crippen LogP contribution >= 0.6 is 11.8 Å². The summed E-state index contributed by atoms with van der Waals surface area (Å²) in [7, 11) is 0. The topological polar surface area (TPSA) is 25.2 Å². The fourth-order valence-corrected chi connectivity index (χ4v) is 3.61. The molecule has 2 aromatic rings. The lowest BCUT2D eigenvalue weighted by Gasteiger charge is -2.19. The number of furan rings is 1. The van der Waals surface area contributed by atoms with Crippen LogP contribution in [0.15, 0.2) is 52.0 Å². The Kier molecular flexibility index (Phi) is 3.43. The van der Waals surface area contributed by atoms with E-state index in [0.717, 1.165) is 17.9 Å². The van der Waals surface area contributed by atoms with Crippen molar-refractivity contribution in [1.29, 1.82) is 0 Å². The Balaban J connectivity index is 1.64. The number of hydrogen-bond acceptors (Lipinski definition) is 3. The van der Waals surface area contributed by atoms with Gasteiger partial charge in [-0.1, -0.05) is 18.2 Å². The van der Waals surface area contributed by atoms with Gasteiger partial charge in [0.1, 0.15) is 5.76 Å². The van der Waals surface area contributed by atoms with E-state index in [1.807, 2.05) is 23.9 Å². The van der Waals surface area contributed by atoms with Gasteiger partial charge in [-0.25, -0.2) is 0 Å². The van der Waals surface area contributed by atoms with E-state index in [9.17, 15) is 0 Å². The molecule has 1 N–H and O–H groups in total. The Morgan fingerprint density at radius 1 is 1.33 bits per heavy atom. The molecule has 1 aromatic carbocycles. The number of benzene rings is 1. The number of nitrogens with one attached hydrogen (secondary N) is 1. The summed E-state index contributed by atoms with van der Waals surface area (Å²) in [4.78, 5) is 1.42. The fraction of sp³-hybridized carbons (Fsp3) is 0.333. The third-order valence-corrected chi connectivity index (χ3v) is 4.46. The highest BCUT2D eigenvalue weighted by molar-refractivity contribution is 7.99. The van der Waals surface area contributed by atoms with Crippen LogP contribution in [0, 0.1) is 0 Å². The lowest BCUT2D eigenvalue weighted by Crippen LogP contribution is -2.32. The molecule has 2 heterocycles. The Morgan fingerprint density at radius 2 is 2.22 bits per heavy atom. The van der Waals surface area contributed by atoms with E-state index < -0.39 is 0 Å². The van der Waals surface area contributed by atoms with Crippen molar-refractivity contribution in [2.24, 2.45) is 0 Å². The van der Waals surface area contributed by atoms with Crippen molar-refractivity contribution in [3.05, 3.63) is 54.0 Å². The molecule has 0 amide bonds. The molecule has 94 valence electrons. The minimum atomic E-state index is 0.424. The smallest absolute Gasteiger partial charge is 0.105 e. The summed E-state index contributed by atoms with van der Waals surface area (Å²) in [5.41, 5.74) is 1.44. The molecule has 0 radical (unpaired) electrons. The standard InChI is InChI=1S/C15H17NOS/c1-11(9-12-5-4-8-17-12)16-14-10-18-15-7-3-2-6-13(14)15/h2-8,11,14,16H,9-10H2,1H3. The molecule has 0 fully saturated rings.